The summed E-state index contributed by atoms with van der Waals surface area (Å²) in [6, 6.07) is 9.28. The van der Waals surface area contributed by atoms with Crippen LogP contribution in [0.3, 0.4) is 0 Å². The first-order chi connectivity index (χ1) is 20.2. The molecule has 0 aliphatic rings. The number of nitrogens with two attached hydrogens (primary N) is 1. The number of carbonyl (C=O) groups excluding carboxylic acids is 1. The van der Waals surface area contributed by atoms with Crippen molar-refractivity contribution >= 4 is 28.4 Å². The third kappa shape index (κ3) is 5.99. The topological polar surface area (TPSA) is 149 Å². The number of ether oxygens (including phenoxy) is 4. The molecule has 0 aliphatic heterocycles. The van der Waals surface area contributed by atoms with Gasteiger partial charge < -0.3 is 30.0 Å². The molecule has 2 aromatic carbocycles. The molecule has 0 radical (unpaired) electrons. The summed E-state index contributed by atoms with van der Waals surface area (Å²) in [7, 11) is 1.54. The normalized spacial score (nSPS) is 11.0. The lowest BCUT2D eigenvalue weighted by atomic mass is 10.1. The minimum atomic E-state index is -0.714. The molecular formula is C29H28FN7O5. The zero-order chi connectivity index (χ0) is 29.8. The first-order valence-corrected chi connectivity index (χ1v) is 13.0. The Bertz CT molecular complexity index is 1740. The van der Waals surface area contributed by atoms with Crippen LogP contribution in [-0.2, 0) is 0 Å². The van der Waals surface area contributed by atoms with Gasteiger partial charge >= 0.3 is 0 Å². The standard InChI is InChI=1S/C29H28FN7O5/c1-5-40-26-15-37(17-13-33-29(31)34-14-17)36-27(26)28(38)35-21-7-6-18(10-20(21)30)42-23-8-9-32-22-12-25(41-16(2)3)24(39-4)11-19(22)23/h6-16H,5H2,1-4H3,(H,35,38)(H2,31,33,34). The van der Waals surface area contributed by atoms with E-state index in [0.717, 1.165) is 0 Å². The average molecular weight is 574 g/mol. The molecule has 0 saturated carbocycles. The molecular weight excluding hydrogens is 545 g/mol. The summed E-state index contributed by atoms with van der Waals surface area (Å²) in [5.74, 6) is 0.617. The fourth-order valence-corrected chi connectivity index (χ4v) is 4.05. The van der Waals surface area contributed by atoms with Crippen LogP contribution in [0.5, 0.6) is 28.7 Å². The number of nitrogen functional groups attached to an aromatic ring is 1. The highest BCUT2D eigenvalue weighted by molar-refractivity contribution is 6.04. The van der Waals surface area contributed by atoms with E-state index in [2.05, 4.69) is 25.4 Å². The Kier molecular flexibility index (Phi) is 8.00. The number of hydrogen-bond acceptors (Lipinski definition) is 10. The smallest absolute Gasteiger partial charge is 0.280 e. The molecule has 3 N–H and O–H groups in total. The number of pyridine rings is 1. The van der Waals surface area contributed by atoms with Crippen LogP contribution in [0, 0.1) is 5.82 Å². The Morgan fingerprint density at radius 3 is 2.52 bits per heavy atom. The summed E-state index contributed by atoms with van der Waals surface area (Å²) in [6.07, 6.45) is 5.93. The van der Waals surface area contributed by atoms with Crippen molar-refractivity contribution in [1.29, 1.82) is 0 Å². The van der Waals surface area contributed by atoms with E-state index in [0.29, 0.717) is 33.8 Å². The van der Waals surface area contributed by atoms with Gasteiger partial charge in [-0.2, -0.15) is 5.10 Å². The Labute approximate surface area is 240 Å². The Hall–Kier alpha value is -5.46. The van der Waals surface area contributed by atoms with Crippen molar-refractivity contribution in [3.8, 4) is 34.4 Å². The summed E-state index contributed by atoms with van der Waals surface area (Å²) in [4.78, 5) is 25.3. The molecule has 3 aromatic heterocycles. The van der Waals surface area contributed by atoms with E-state index < -0.39 is 11.7 Å². The van der Waals surface area contributed by atoms with Crippen molar-refractivity contribution in [2.45, 2.75) is 26.9 Å². The molecule has 216 valence electrons. The number of aromatic nitrogens is 5. The zero-order valence-electron chi connectivity index (χ0n) is 23.3. The number of halogens is 1. The Morgan fingerprint density at radius 1 is 1.05 bits per heavy atom. The monoisotopic (exact) mass is 573 g/mol. The average Bonchev–Trinajstić information content (AvgIpc) is 3.38. The predicted molar refractivity (Wildman–Crippen MR) is 153 cm³/mol. The first-order valence-electron chi connectivity index (χ1n) is 13.0. The van der Waals surface area contributed by atoms with Crippen molar-refractivity contribution in [3.63, 3.8) is 0 Å². The Balaban J connectivity index is 1.37. The number of nitrogens with zero attached hydrogens (tertiary/aromatic N) is 5. The van der Waals surface area contributed by atoms with Gasteiger partial charge in [-0.25, -0.2) is 19.0 Å². The second-order valence-electron chi connectivity index (χ2n) is 9.21. The van der Waals surface area contributed by atoms with Crippen molar-refractivity contribution in [1.82, 2.24) is 24.7 Å². The van der Waals surface area contributed by atoms with Crippen molar-refractivity contribution in [3.05, 3.63) is 72.7 Å². The number of anilines is 2. The van der Waals surface area contributed by atoms with E-state index in [4.69, 9.17) is 24.7 Å². The Morgan fingerprint density at radius 2 is 1.83 bits per heavy atom. The second kappa shape index (κ2) is 12.0. The fourth-order valence-electron chi connectivity index (χ4n) is 4.05. The maximum absolute atomic E-state index is 15.2. The maximum atomic E-state index is 15.2. The molecule has 0 fully saturated rings. The molecule has 0 unspecified atom stereocenters. The van der Waals surface area contributed by atoms with Gasteiger partial charge in [-0.05, 0) is 45.0 Å². The van der Waals surface area contributed by atoms with Crippen molar-refractivity contribution < 1.29 is 28.1 Å². The summed E-state index contributed by atoms with van der Waals surface area (Å²) in [6.45, 7) is 5.88. The molecule has 3 heterocycles. The van der Waals surface area contributed by atoms with Crippen LogP contribution in [0.2, 0.25) is 0 Å². The number of nitrogens with one attached hydrogen (secondary N) is 1. The molecule has 5 aromatic rings. The van der Waals surface area contributed by atoms with Crippen LogP contribution in [0.1, 0.15) is 31.3 Å². The molecule has 42 heavy (non-hydrogen) atoms. The highest BCUT2D eigenvalue weighted by atomic mass is 19.1. The van der Waals surface area contributed by atoms with Gasteiger partial charge in [0.15, 0.2) is 22.9 Å². The van der Waals surface area contributed by atoms with Gasteiger partial charge in [-0.15, -0.1) is 0 Å². The van der Waals surface area contributed by atoms with E-state index in [9.17, 15) is 4.79 Å². The molecule has 13 heteroatoms. The minimum absolute atomic E-state index is 0.0496. The number of rotatable bonds is 10. The van der Waals surface area contributed by atoms with Gasteiger partial charge in [0.05, 0.1) is 49.6 Å². The van der Waals surface area contributed by atoms with Crippen molar-refractivity contribution in [2.24, 2.45) is 0 Å². The van der Waals surface area contributed by atoms with Crippen LogP contribution in [0.25, 0.3) is 16.6 Å². The van der Waals surface area contributed by atoms with Gasteiger partial charge in [0.1, 0.15) is 23.0 Å². The largest absolute Gasteiger partial charge is 0.493 e. The minimum Gasteiger partial charge on any atom is -0.493 e. The van der Waals surface area contributed by atoms with Crippen molar-refractivity contribution in [2.75, 3.05) is 24.8 Å². The molecule has 0 spiro atoms. The third-order valence-electron chi connectivity index (χ3n) is 5.88. The van der Waals surface area contributed by atoms with Gasteiger partial charge in [-0.1, -0.05) is 0 Å². The van der Waals surface area contributed by atoms with E-state index in [1.807, 2.05) is 13.8 Å². The lowest BCUT2D eigenvalue weighted by Gasteiger charge is -2.16. The summed E-state index contributed by atoms with van der Waals surface area (Å²) in [5.41, 5.74) is 6.50. The van der Waals surface area contributed by atoms with E-state index >= 15 is 4.39 Å². The van der Waals surface area contributed by atoms with Gasteiger partial charge in [0, 0.05) is 23.7 Å². The predicted octanol–water partition coefficient (Wildman–Crippen LogP) is 5.17. The highest BCUT2D eigenvalue weighted by Gasteiger charge is 2.21. The van der Waals surface area contributed by atoms with Gasteiger partial charge in [0.25, 0.3) is 5.91 Å². The van der Waals surface area contributed by atoms with Crippen LogP contribution < -0.4 is 30.0 Å². The highest BCUT2D eigenvalue weighted by Crippen LogP contribution is 2.38. The van der Waals surface area contributed by atoms with Gasteiger partial charge in [0.2, 0.25) is 5.95 Å². The van der Waals surface area contributed by atoms with Crippen LogP contribution in [0.15, 0.2) is 61.2 Å². The lowest BCUT2D eigenvalue weighted by Crippen LogP contribution is -2.15. The number of benzene rings is 2. The van der Waals surface area contributed by atoms with Crippen LogP contribution in [-0.4, -0.2) is 50.5 Å². The number of fused-ring (bicyclic) bond motifs is 1. The molecule has 1 amide bonds. The number of hydrogen-bond donors (Lipinski definition) is 2. The molecule has 5 rings (SSSR count). The third-order valence-corrected chi connectivity index (χ3v) is 5.88. The number of amides is 1. The lowest BCUT2D eigenvalue weighted by molar-refractivity contribution is 0.101. The first kappa shape index (κ1) is 28.1. The maximum Gasteiger partial charge on any atom is 0.280 e. The summed E-state index contributed by atoms with van der Waals surface area (Å²) < 4.78 is 39.4. The summed E-state index contributed by atoms with van der Waals surface area (Å²) in [5, 5.41) is 7.47. The van der Waals surface area contributed by atoms with Gasteiger partial charge in [-0.3, -0.25) is 9.78 Å². The fraction of sp³-hybridized carbons (Fsp3) is 0.207. The van der Waals surface area contributed by atoms with E-state index in [1.165, 1.54) is 41.5 Å². The van der Waals surface area contributed by atoms with Crippen LogP contribution in [0.4, 0.5) is 16.0 Å². The van der Waals surface area contributed by atoms with Crippen LogP contribution >= 0.6 is 0 Å². The molecule has 0 atom stereocenters. The number of methoxy groups -OCH3 is 1. The second-order valence-corrected chi connectivity index (χ2v) is 9.21. The summed E-state index contributed by atoms with van der Waals surface area (Å²) >= 11 is 0. The molecule has 0 saturated heterocycles. The zero-order valence-corrected chi connectivity index (χ0v) is 23.3. The molecule has 12 nitrogen and oxygen atoms in total. The molecule has 0 bridgehead atoms. The number of carbonyl (C=O) groups is 1. The van der Waals surface area contributed by atoms with E-state index in [-0.39, 0.29) is 41.5 Å². The van der Waals surface area contributed by atoms with E-state index in [1.54, 1.807) is 38.4 Å². The quantitative estimate of drug-likeness (QED) is 0.229. The SMILES string of the molecule is CCOc1cn(-c2cnc(N)nc2)nc1C(=O)Nc1ccc(Oc2ccnc3cc(OC(C)C)c(OC)cc23)cc1F. The molecule has 0 aliphatic carbocycles.